The van der Waals surface area contributed by atoms with Gasteiger partial charge in [0.25, 0.3) is 5.91 Å². The highest BCUT2D eigenvalue weighted by Gasteiger charge is 2.20. The van der Waals surface area contributed by atoms with Gasteiger partial charge in [0.1, 0.15) is 5.75 Å². The summed E-state index contributed by atoms with van der Waals surface area (Å²) in [7, 11) is 0. The second kappa shape index (κ2) is 6.32. The Bertz CT molecular complexity index is 752. The van der Waals surface area contributed by atoms with E-state index in [4.69, 9.17) is 0 Å². The molecule has 122 valence electrons. The van der Waals surface area contributed by atoms with E-state index in [0.717, 1.165) is 41.3 Å². The number of carbonyl (C=O) groups is 1. The molecule has 1 atom stereocenters. The standard InChI is InChI=1S/C18H22N2O2S/c1-10-17(23-12(3)19-10)11(2)20-18(22)15-8-13-6-4-5-7-14(13)9-16(15)21/h8-9,11,21H,4-7H2,1-3H3,(H,20,22)/t11-/m1/s1. The van der Waals surface area contributed by atoms with Crippen molar-refractivity contribution in [3.63, 3.8) is 0 Å². The number of aromatic hydroxyl groups is 1. The van der Waals surface area contributed by atoms with Crippen LogP contribution in [0.3, 0.4) is 0 Å². The topological polar surface area (TPSA) is 62.2 Å². The summed E-state index contributed by atoms with van der Waals surface area (Å²) >= 11 is 1.60. The molecule has 3 rings (SSSR count). The number of fused-ring (bicyclic) bond motifs is 1. The second-order valence-electron chi connectivity index (χ2n) is 6.22. The first kappa shape index (κ1) is 16.0. The number of carbonyl (C=O) groups excluding carboxylic acids is 1. The molecule has 5 heteroatoms. The second-order valence-corrected chi connectivity index (χ2v) is 7.46. The SMILES string of the molecule is Cc1nc(C)c([C@@H](C)NC(=O)c2cc3c(cc2O)CCCC3)s1. The molecule has 0 bridgehead atoms. The number of benzene rings is 1. The van der Waals surface area contributed by atoms with Crippen molar-refractivity contribution >= 4 is 17.2 Å². The monoisotopic (exact) mass is 330 g/mol. The summed E-state index contributed by atoms with van der Waals surface area (Å²) in [4.78, 5) is 18.0. The van der Waals surface area contributed by atoms with Crippen LogP contribution in [0.25, 0.3) is 0 Å². The Hall–Kier alpha value is -1.88. The minimum Gasteiger partial charge on any atom is -0.507 e. The first-order valence-electron chi connectivity index (χ1n) is 8.05. The van der Waals surface area contributed by atoms with Gasteiger partial charge >= 0.3 is 0 Å². The predicted molar refractivity (Wildman–Crippen MR) is 92.2 cm³/mol. The molecule has 1 amide bonds. The Balaban J connectivity index is 1.82. The van der Waals surface area contributed by atoms with Crippen LogP contribution in [0.15, 0.2) is 12.1 Å². The van der Waals surface area contributed by atoms with Crippen LogP contribution < -0.4 is 5.32 Å². The Labute approximate surface area is 140 Å². The zero-order chi connectivity index (χ0) is 16.6. The number of nitrogens with one attached hydrogen (secondary N) is 1. The van der Waals surface area contributed by atoms with Crippen molar-refractivity contribution in [3.05, 3.63) is 44.4 Å². The van der Waals surface area contributed by atoms with Gasteiger partial charge in [-0.2, -0.15) is 0 Å². The lowest BCUT2D eigenvalue weighted by atomic mass is 9.90. The van der Waals surface area contributed by atoms with Crippen LogP contribution in [0.2, 0.25) is 0 Å². The average Bonchev–Trinajstić information content (AvgIpc) is 2.85. The molecule has 0 radical (unpaired) electrons. The number of thiazole rings is 1. The van der Waals surface area contributed by atoms with E-state index < -0.39 is 0 Å². The van der Waals surface area contributed by atoms with Gasteiger partial charge in [-0.15, -0.1) is 11.3 Å². The van der Waals surface area contributed by atoms with Crippen molar-refractivity contribution in [1.29, 1.82) is 0 Å². The van der Waals surface area contributed by atoms with Crippen molar-refractivity contribution in [1.82, 2.24) is 10.3 Å². The third-order valence-corrected chi connectivity index (χ3v) is 5.64. The number of amides is 1. The molecule has 4 nitrogen and oxygen atoms in total. The third-order valence-electron chi connectivity index (χ3n) is 4.39. The van der Waals surface area contributed by atoms with Gasteiger partial charge in [-0.05, 0) is 69.7 Å². The van der Waals surface area contributed by atoms with Crippen LogP contribution in [-0.4, -0.2) is 16.0 Å². The maximum absolute atomic E-state index is 12.6. The Morgan fingerprint density at radius 2 is 1.91 bits per heavy atom. The maximum atomic E-state index is 12.6. The van der Waals surface area contributed by atoms with E-state index in [1.54, 1.807) is 17.4 Å². The minimum absolute atomic E-state index is 0.0764. The smallest absolute Gasteiger partial charge is 0.255 e. The van der Waals surface area contributed by atoms with Crippen LogP contribution in [0.5, 0.6) is 5.75 Å². The summed E-state index contributed by atoms with van der Waals surface area (Å²) < 4.78 is 0. The van der Waals surface area contributed by atoms with Crippen molar-refractivity contribution in [2.75, 3.05) is 0 Å². The average molecular weight is 330 g/mol. The highest BCUT2D eigenvalue weighted by atomic mass is 32.1. The van der Waals surface area contributed by atoms with E-state index >= 15 is 0 Å². The lowest BCUT2D eigenvalue weighted by molar-refractivity contribution is 0.0937. The zero-order valence-electron chi connectivity index (χ0n) is 13.8. The molecule has 0 aliphatic heterocycles. The molecule has 1 aromatic heterocycles. The molecular weight excluding hydrogens is 308 g/mol. The zero-order valence-corrected chi connectivity index (χ0v) is 14.6. The number of aryl methyl sites for hydroxylation is 4. The van der Waals surface area contributed by atoms with Gasteiger partial charge in [0.15, 0.2) is 0 Å². The summed E-state index contributed by atoms with van der Waals surface area (Å²) in [5, 5.41) is 14.2. The first-order valence-corrected chi connectivity index (χ1v) is 8.87. The van der Waals surface area contributed by atoms with Gasteiger partial charge in [-0.3, -0.25) is 4.79 Å². The van der Waals surface area contributed by atoms with Crippen molar-refractivity contribution in [2.24, 2.45) is 0 Å². The Morgan fingerprint density at radius 3 is 2.52 bits per heavy atom. The number of phenolic OH excluding ortho intramolecular Hbond substituents is 1. The van der Waals surface area contributed by atoms with Crippen LogP contribution in [0.1, 0.15) is 62.9 Å². The van der Waals surface area contributed by atoms with E-state index in [-0.39, 0.29) is 17.7 Å². The van der Waals surface area contributed by atoms with Crippen LogP contribution in [0, 0.1) is 13.8 Å². The number of nitrogens with zero attached hydrogens (tertiary/aromatic N) is 1. The molecule has 2 aromatic rings. The van der Waals surface area contributed by atoms with Gasteiger partial charge < -0.3 is 10.4 Å². The highest BCUT2D eigenvalue weighted by Crippen LogP contribution is 2.30. The molecule has 2 N–H and O–H groups in total. The van der Waals surface area contributed by atoms with Crippen molar-refractivity contribution in [2.45, 2.75) is 52.5 Å². The van der Waals surface area contributed by atoms with Gasteiger partial charge in [0.2, 0.25) is 0 Å². The lowest BCUT2D eigenvalue weighted by Gasteiger charge is -2.19. The summed E-state index contributed by atoms with van der Waals surface area (Å²) in [6.07, 6.45) is 4.27. The quantitative estimate of drug-likeness (QED) is 0.899. The first-order chi connectivity index (χ1) is 11.0. The number of aromatic nitrogens is 1. The fourth-order valence-corrected chi connectivity index (χ4v) is 4.17. The molecule has 0 saturated carbocycles. The van der Waals surface area contributed by atoms with E-state index in [0.29, 0.717) is 5.56 Å². The van der Waals surface area contributed by atoms with Gasteiger partial charge in [-0.1, -0.05) is 0 Å². The van der Waals surface area contributed by atoms with Crippen LogP contribution >= 0.6 is 11.3 Å². The number of hydrogen-bond acceptors (Lipinski definition) is 4. The molecule has 0 saturated heterocycles. The van der Waals surface area contributed by atoms with E-state index in [1.165, 1.54) is 11.1 Å². The molecule has 23 heavy (non-hydrogen) atoms. The van der Waals surface area contributed by atoms with Gasteiger partial charge in [-0.25, -0.2) is 4.98 Å². The largest absolute Gasteiger partial charge is 0.507 e. The summed E-state index contributed by atoms with van der Waals surface area (Å²) in [6.45, 7) is 5.87. The number of rotatable bonds is 3. The molecule has 1 heterocycles. The van der Waals surface area contributed by atoms with Gasteiger partial charge in [0.05, 0.1) is 22.3 Å². The molecule has 0 spiro atoms. The molecule has 1 aliphatic rings. The molecule has 1 aliphatic carbocycles. The maximum Gasteiger partial charge on any atom is 0.255 e. The third kappa shape index (κ3) is 3.24. The Kier molecular flexibility index (Phi) is 4.39. The minimum atomic E-state index is -0.228. The number of hydrogen-bond donors (Lipinski definition) is 2. The highest BCUT2D eigenvalue weighted by molar-refractivity contribution is 7.11. The van der Waals surface area contributed by atoms with E-state index in [1.807, 2.05) is 26.8 Å². The van der Waals surface area contributed by atoms with Crippen molar-refractivity contribution < 1.29 is 9.90 Å². The Morgan fingerprint density at radius 1 is 1.26 bits per heavy atom. The summed E-state index contributed by atoms with van der Waals surface area (Å²) in [5.41, 5.74) is 3.69. The van der Waals surface area contributed by atoms with Gasteiger partial charge in [0, 0.05) is 4.88 Å². The molecule has 0 fully saturated rings. The fraction of sp³-hybridized carbons (Fsp3) is 0.444. The predicted octanol–water partition coefficient (Wildman–Crippen LogP) is 3.84. The summed E-state index contributed by atoms with van der Waals surface area (Å²) in [6, 6.07) is 3.50. The lowest BCUT2D eigenvalue weighted by Crippen LogP contribution is -2.27. The molecule has 0 unspecified atom stereocenters. The normalized spacial score (nSPS) is 15.1. The van der Waals surface area contributed by atoms with E-state index in [2.05, 4.69) is 10.3 Å². The molecule has 1 aromatic carbocycles. The van der Waals surface area contributed by atoms with Crippen LogP contribution in [0.4, 0.5) is 0 Å². The molecular formula is C18H22N2O2S. The van der Waals surface area contributed by atoms with Crippen LogP contribution in [-0.2, 0) is 12.8 Å². The number of phenols is 1. The van der Waals surface area contributed by atoms with E-state index in [9.17, 15) is 9.90 Å². The summed E-state index contributed by atoms with van der Waals surface area (Å²) in [5.74, 6) is -0.151. The fourth-order valence-electron chi connectivity index (χ4n) is 3.24. The van der Waals surface area contributed by atoms with Crippen molar-refractivity contribution in [3.8, 4) is 5.75 Å².